The van der Waals surface area contributed by atoms with E-state index in [9.17, 15) is 0 Å². The molecule has 1 aromatic carbocycles. The number of furan rings is 1. The standard InChI is InChI=1S/C13H10N2O/c1-2-4-12-11(3-1)13(15-14-12)6-5-10-7-8-16-9-10/h1-9H,(H,14,15)/b6-5+. The molecule has 16 heavy (non-hydrogen) atoms. The van der Waals surface area contributed by atoms with Gasteiger partial charge in [-0.3, -0.25) is 5.10 Å². The molecule has 0 radical (unpaired) electrons. The number of fused-ring (bicyclic) bond motifs is 1. The Morgan fingerprint density at radius 3 is 2.94 bits per heavy atom. The van der Waals surface area contributed by atoms with Crippen molar-refractivity contribution in [1.29, 1.82) is 0 Å². The Morgan fingerprint density at radius 1 is 1.12 bits per heavy atom. The molecular weight excluding hydrogens is 200 g/mol. The van der Waals surface area contributed by atoms with Crippen molar-refractivity contribution in [2.24, 2.45) is 0 Å². The van der Waals surface area contributed by atoms with E-state index in [1.165, 1.54) is 0 Å². The molecule has 0 spiro atoms. The van der Waals surface area contributed by atoms with Crippen molar-refractivity contribution < 1.29 is 4.42 Å². The molecule has 0 atom stereocenters. The van der Waals surface area contributed by atoms with Gasteiger partial charge in [-0.05, 0) is 24.3 Å². The number of aromatic amines is 1. The van der Waals surface area contributed by atoms with Crippen LogP contribution in [0.1, 0.15) is 11.3 Å². The summed E-state index contributed by atoms with van der Waals surface area (Å²) in [7, 11) is 0. The van der Waals surface area contributed by atoms with E-state index in [1.54, 1.807) is 12.5 Å². The van der Waals surface area contributed by atoms with Gasteiger partial charge in [0.05, 0.1) is 23.7 Å². The second-order valence-electron chi connectivity index (χ2n) is 3.54. The van der Waals surface area contributed by atoms with E-state index in [-0.39, 0.29) is 0 Å². The quantitative estimate of drug-likeness (QED) is 0.704. The van der Waals surface area contributed by atoms with Crippen LogP contribution < -0.4 is 0 Å². The average molecular weight is 210 g/mol. The molecule has 3 aromatic rings. The SMILES string of the molecule is C(=C\c1n[nH]c2ccccc12)/c1ccoc1. The van der Waals surface area contributed by atoms with Crippen molar-refractivity contribution in [3.8, 4) is 0 Å². The van der Waals surface area contributed by atoms with Gasteiger partial charge in [-0.2, -0.15) is 5.10 Å². The average Bonchev–Trinajstić information content (AvgIpc) is 2.96. The van der Waals surface area contributed by atoms with Crippen LogP contribution >= 0.6 is 0 Å². The fourth-order valence-electron chi connectivity index (χ4n) is 1.66. The molecule has 0 saturated heterocycles. The number of para-hydroxylation sites is 1. The lowest BCUT2D eigenvalue weighted by molar-refractivity contribution is 0.567. The molecule has 2 heterocycles. The molecule has 0 amide bonds. The van der Waals surface area contributed by atoms with Gasteiger partial charge in [-0.1, -0.05) is 18.2 Å². The number of aromatic nitrogens is 2. The van der Waals surface area contributed by atoms with E-state index in [2.05, 4.69) is 10.2 Å². The van der Waals surface area contributed by atoms with Crippen molar-refractivity contribution in [2.45, 2.75) is 0 Å². The fraction of sp³-hybridized carbons (Fsp3) is 0. The third-order valence-corrected chi connectivity index (χ3v) is 2.48. The Hall–Kier alpha value is -2.29. The van der Waals surface area contributed by atoms with Crippen molar-refractivity contribution in [3.63, 3.8) is 0 Å². The summed E-state index contributed by atoms with van der Waals surface area (Å²) in [5.41, 5.74) is 3.03. The predicted molar refractivity (Wildman–Crippen MR) is 63.7 cm³/mol. The second-order valence-corrected chi connectivity index (χ2v) is 3.54. The van der Waals surface area contributed by atoms with E-state index in [4.69, 9.17) is 4.42 Å². The number of nitrogens with zero attached hydrogens (tertiary/aromatic N) is 1. The van der Waals surface area contributed by atoms with E-state index in [0.717, 1.165) is 22.2 Å². The van der Waals surface area contributed by atoms with Crippen LogP contribution in [0.2, 0.25) is 0 Å². The maximum atomic E-state index is 4.99. The minimum absolute atomic E-state index is 0.941. The number of H-pyrrole nitrogens is 1. The summed E-state index contributed by atoms with van der Waals surface area (Å²) in [5.74, 6) is 0. The summed E-state index contributed by atoms with van der Waals surface area (Å²) >= 11 is 0. The topological polar surface area (TPSA) is 41.8 Å². The first-order valence-electron chi connectivity index (χ1n) is 5.07. The zero-order valence-electron chi connectivity index (χ0n) is 8.55. The van der Waals surface area contributed by atoms with Gasteiger partial charge in [0.15, 0.2) is 0 Å². The Morgan fingerprint density at radius 2 is 2.06 bits per heavy atom. The molecule has 0 saturated carbocycles. The highest BCUT2D eigenvalue weighted by atomic mass is 16.3. The minimum Gasteiger partial charge on any atom is -0.472 e. The lowest BCUT2D eigenvalue weighted by Crippen LogP contribution is -1.71. The predicted octanol–water partition coefficient (Wildman–Crippen LogP) is 3.33. The molecule has 0 unspecified atom stereocenters. The highest BCUT2D eigenvalue weighted by Crippen LogP contribution is 2.17. The zero-order chi connectivity index (χ0) is 10.8. The van der Waals surface area contributed by atoms with Crippen LogP contribution in [0, 0.1) is 0 Å². The minimum atomic E-state index is 0.941. The summed E-state index contributed by atoms with van der Waals surface area (Å²) in [6.07, 6.45) is 7.31. The summed E-state index contributed by atoms with van der Waals surface area (Å²) in [6, 6.07) is 9.97. The van der Waals surface area contributed by atoms with Gasteiger partial charge < -0.3 is 4.42 Å². The largest absolute Gasteiger partial charge is 0.472 e. The Bertz CT molecular complexity index is 620. The molecule has 3 nitrogen and oxygen atoms in total. The maximum absolute atomic E-state index is 4.99. The first-order valence-corrected chi connectivity index (χ1v) is 5.07. The van der Waals surface area contributed by atoms with Crippen molar-refractivity contribution in [2.75, 3.05) is 0 Å². The fourth-order valence-corrected chi connectivity index (χ4v) is 1.66. The van der Waals surface area contributed by atoms with E-state index >= 15 is 0 Å². The van der Waals surface area contributed by atoms with Crippen LogP contribution in [0.5, 0.6) is 0 Å². The molecule has 0 aliphatic carbocycles. The second kappa shape index (κ2) is 3.70. The van der Waals surface area contributed by atoms with E-state index in [0.29, 0.717) is 0 Å². The maximum Gasteiger partial charge on any atom is 0.0974 e. The molecule has 0 fully saturated rings. The molecule has 3 rings (SSSR count). The zero-order valence-corrected chi connectivity index (χ0v) is 8.55. The van der Waals surface area contributed by atoms with Crippen LogP contribution in [0.15, 0.2) is 47.3 Å². The smallest absolute Gasteiger partial charge is 0.0974 e. The van der Waals surface area contributed by atoms with Crippen LogP contribution in [0.25, 0.3) is 23.1 Å². The molecule has 1 N–H and O–H groups in total. The van der Waals surface area contributed by atoms with E-state index < -0.39 is 0 Å². The molecule has 0 aliphatic heterocycles. The first-order chi connectivity index (χ1) is 7.93. The van der Waals surface area contributed by atoms with Gasteiger partial charge >= 0.3 is 0 Å². The molecule has 2 aromatic heterocycles. The monoisotopic (exact) mass is 210 g/mol. The van der Waals surface area contributed by atoms with Crippen molar-refractivity contribution in [1.82, 2.24) is 10.2 Å². The number of benzene rings is 1. The van der Waals surface area contributed by atoms with Gasteiger partial charge in [-0.25, -0.2) is 0 Å². The van der Waals surface area contributed by atoms with Crippen molar-refractivity contribution >= 4 is 23.1 Å². The molecule has 0 bridgehead atoms. The molecule has 3 heteroatoms. The number of nitrogens with one attached hydrogen (secondary N) is 1. The third-order valence-electron chi connectivity index (χ3n) is 2.48. The van der Waals surface area contributed by atoms with Gasteiger partial charge in [0, 0.05) is 10.9 Å². The van der Waals surface area contributed by atoms with Crippen LogP contribution in [0.4, 0.5) is 0 Å². The van der Waals surface area contributed by atoms with E-state index in [1.807, 2.05) is 42.5 Å². The summed E-state index contributed by atoms with van der Waals surface area (Å²) < 4.78 is 4.99. The lowest BCUT2D eigenvalue weighted by Gasteiger charge is -1.87. The summed E-state index contributed by atoms with van der Waals surface area (Å²) in [5, 5.41) is 8.37. The number of hydrogen-bond acceptors (Lipinski definition) is 2. The van der Waals surface area contributed by atoms with Gasteiger partial charge in [-0.15, -0.1) is 0 Å². The van der Waals surface area contributed by atoms with Crippen molar-refractivity contribution in [3.05, 3.63) is 54.1 Å². The summed E-state index contributed by atoms with van der Waals surface area (Å²) in [6.45, 7) is 0. The lowest BCUT2D eigenvalue weighted by atomic mass is 10.2. The van der Waals surface area contributed by atoms with Crippen LogP contribution in [-0.2, 0) is 0 Å². The number of rotatable bonds is 2. The highest BCUT2D eigenvalue weighted by molar-refractivity contribution is 5.89. The summed E-state index contributed by atoms with van der Waals surface area (Å²) in [4.78, 5) is 0. The third kappa shape index (κ3) is 1.52. The number of hydrogen-bond donors (Lipinski definition) is 1. The Labute approximate surface area is 92.4 Å². The Kier molecular flexibility index (Phi) is 2.07. The Balaban J connectivity index is 2.01. The highest BCUT2D eigenvalue weighted by Gasteiger charge is 2.00. The molecule has 78 valence electrons. The van der Waals surface area contributed by atoms with Gasteiger partial charge in [0.25, 0.3) is 0 Å². The van der Waals surface area contributed by atoms with Crippen LogP contribution in [-0.4, -0.2) is 10.2 Å². The first kappa shape index (κ1) is 8.97. The van der Waals surface area contributed by atoms with Gasteiger partial charge in [0.1, 0.15) is 0 Å². The normalized spacial score (nSPS) is 11.5. The molecular formula is C13H10N2O. The molecule has 0 aliphatic rings. The van der Waals surface area contributed by atoms with Crippen LogP contribution in [0.3, 0.4) is 0 Å². The van der Waals surface area contributed by atoms with Gasteiger partial charge in [0.2, 0.25) is 0 Å².